The van der Waals surface area contributed by atoms with E-state index in [0.29, 0.717) is 6.17 Å². The van der Waals surface area contributed by atoms with E-state index in [1.54, 1.807) is 7.11 Å². The molecule has 1 aliphatic heterocycles. The fourth-order valence-electron chi connectivity index (χ4n) is 2.47. The normalized spacial score (nSPS) is 17.8. The lowest BCUT2D eigenvalue weighted by Crippen LogP contribution is -2.31. The van der Waals surface area contributed by atoms with Crippen molar-refractivity contribution in [2.75, 3.05) is 31.0 Å². The number of nitrogens with one attached hydrogen (secondary N) is 1. The van der Waals surface area contributed by atoms with E-state index in [-0.39, 0.29) is 0 Å². The minimum Gasteiger partial charge on any atom is -0.385 e. The summed E-state index contributed by atoms with van der Waals surface area (Å²) < 4.78 is 5.09. The van der Waals surface area contributed by atoms with Crippen molar-refractivity contribution in [1.82, 2.24) is 4.98 Å². The Morgan fingerprint density at radius 1 is 1.50 bits per heavy atom. The Balaban J connectivity index is 2.19. The molecule has 4 nitrogen and oxygen atoms in total. The number of anilines is 2. The summed E-state index contributed by atoms with van der Waals surface area (Å²) in [7, 11) is 3.85. The molecule has 2 heterocycles. The number of nitrogens with zero attached hydrogens (tertiary/aromatic N) is 2. The summed E-state index contributed by atoms with van der Waals surface area (Å²) in [5, 5.41) is 3.54. The SMILES string of the molecule is CCC1Nc2c(C)cc(CCCOC)nc2N1C. The molecular formula is C14H23N3O. The molecule has 0 saturated carbocycles. The van der Waals surface area contributed by atoms with Gasteiger partial charge in [0.2, 0.25) is 0 Å². The number of hydrogen-bond donors (Lipinski definition) is 1. The number of aryl methyl sites for hydroxylation is 2. The number of fused-ring (bicyclic) bond motifs is 1. The second kappa shape index (κ2) is 5.57. The molecule has 100 valence electrons. The molecule has 1 N–H and O–H groups in total. The average molecular weight is 249 g/mol. The van der Waals surface area contributed by atoms with Gasteiger partial charge in [0, 0.05) is 26.5 Å². The first kappa shape index (κ1) is 13.1. The lowest BCUT2D eigenvalue weighted by molar-refractivity contribution is 0.195. The van der Waals surface area contributed by atoms with Gasteiger partial charge in [-0.05, 0) is 37.8 Å². The highest BCUT2D eigenvalue weighted by molar-refractivity contribution is 5.75. The number of ether oxygens (including phenoxy) is 1. The Morgan fingerprint density at radius 2 is 2.28 bits per heavy atom. The van der Waals surface area contributed by atoms with Crippen LogP contribution in [0.4, 0.5) is 11.5 Å². The van der Waals surface area contributed by atoms with Crippen LogP contribution >= 0.6 is 0 Å². The highest BCUT2D eigenvalue weighted by Gasteiger charge is 2.27. The molecule has 1 unspecified atom stereocenters. The second-order valence-electron chi connectivity index (χ2n) is 4.90. The molecule has 0 spiro atoms. The molecule has 1 aromatic heterocycles. The van der Waals surface area contributed by atoms with Crippen LogP contribution in [0, 0.1) is 6.92 Å². The van der Waals surface area contributed by atoms with Crippen molar-refractivity contribution in [2.24, 2.45) is 0 Å². The topological polar surface area (TPSA) is 37.4 Å². The van der Waals surface area contributed by atoms with Crippen LogP contribution in [0.5, 0.6) is 0 Å². The van der Waals surface area contributed by atoms with Crippen molar-refractivity contribution in [2.45, 2.75) is 39.3 Å². The summed E-state index contributed by atoms with van der Waals surface area (Å²) in [6, 6.07) is 2.19. The van der Waals surface area contributed by atoms with Crippen LogP contribution in [0.3, 0.4) is 0 Å². The van der Waals surface area contributed by atoms with E-state index in [0.717, 1.165) is 37.4 Å². The van der Waals surface area contributed by atoms with Crippen molar-refractivity contribution >= 4 is 11.5 Å². The van der Waals surface area contributed by atoms with Crippen molar-refractivity contribution < 1.29 is 4.74 Å². The lowest BCUT2D eigenvalue weighted by atomic mass is 10.1. The zero-order valence-corrected chi connectivity index (χ0v) is 11.8. The van der Waals surface area contributed by atoms with Gasteiger partial charge in [0.1, 0.15) is 0 Å². The Labute approximate surface area is 109 Å². The van der Waals surface area contributed by atoms with Crippen LogP contribution in [-0.2, 0) is 11.2 Å². The molecule has 18 heavy (non-hydrogen) atoms. The lowest BCUT2D eigenvalue weighted by Gasteiger charge is -2.19. The van der Waals surface area contributed by atoms with Gasteiger partial charge in [0.05, 0.1) is 11.9 Å². The summed E-state index contributed by atoms with van der Waals surface area (Å²) in [6.07, 6.45) is 3.45. The molecule has 1 aromatic rings. The third-order valence-corrected chi connectivity index (χ3v) is 3.53. The number of hydrogen-bond acceptors (Lipinski definition) is 4. The Morgan fingerprint density at radius 3 is 2.94 bits per heavy atom. The maximum absolute atomic E-state index is 5.09. The van der Waals surface area contributed by atoms with Crippen LogP contribution in [0.15, 0.2) is 6.07 Å². The van der Waals surface area contributed by atoms with Gasteiger partial charge in [0.15, 0.2) is 5.82 Å². The molecular weight excluding hydrogens is 226 g/mol. The smallest absolute Gasteiger partial charge is 0.153 e. The summed E-state index contributed by atoms with van der Waals surface area (Å²) >= 11 is 0. The highest BCUT2D eigenvalue weighted by atomic mass is 16.5. The Kier molecular flexibility index (Phi) is 4.07. The first-order valence-corrected chi connectivity index (χ1v) is 6.66. The van der Waals surface area contributed by atoms with Gasteiger partial charge in [-0.15, -0.1) is 0 Å². The zero-order valence-electron chi connectivity index (χ0n) is 11.8. The highest BCUT2D eigenvalue weighted by Crippen LogP contribution is 2.35. The fourth-order valence-corrected chi connectivity index (χ4v) is 2.47. The predicted octanol–water partition coefficient (Wildman–Crippen LogP) is 2.57. The maximum Gasteiger partial charge on any atom is 0.153 e. The summed E-state index contributed by atoms with van der Waals surface area (Å²) in [4.78, 5) is 7.01. The standard InChI is InChI=1S/C14H23N3O/c1-5-12-16-13-10(2)9-11(7-6-8-18-4)15-14(13)17(12)3/h9,12,16H,5-8H2,1-4H3. The zero-order chi connectivity index (χ0) is 13.1. The number of rotatable bonds is 5. The summed E-state index contributed by atoms with van der Waals surface area (Å²) in [6.45, 7) is 5.14. The van der Waals surface area contributed by atoms with Crippen molar-refractivity contribution in [3.63, 3.8) is 0 Å². The van der Waals surface area contributed by atoms with Crippen molar-refractivity contribution in [3.05, 3.63) is 17.3 Å². The summed E-state index contributed by atoms with van der Waals surface area (Å²) in [5.41, 5.74) is 3.64. The Bertz CT molecular complexity index is 420. The van der Waals surface area contributed by atoms with Gasteiger partial charge in [0.25, 0.3) is 0 Å². The van der Waals surface area contributed by atoms with E-state index in [4.69, 9.17) is 9.72 Å². The van der Waals surface area contributed by atoms with Crippen molar-refractivity contribution in [1.29, 1.82) is 0 Å². The van der Waals surface area contributed by atoms with Gasteiger partial charge in [-0.2, -0.15) is 0 Å². The third kappa shape index (κ3) is 2.43. The third-order valence-electron chi connectivity index (χ3n) is 3.53. The van der Waals surface area contributed by atoms with Crippen molar-refractivity contribution in [3.8, 4) is 0 Å². The molecule has 2 rings (SSSR count). The molecule has 1 atom stereocenters. The second-order valence-corrected chi connectivity index (χ2v) is 4.90. The van der Waals surface area contributed by atoms with Gasteiger partial charge >= 0.3 is 0 Å². The average Bonchev–Trinajstić information content (AvgIpc) is 2.68. The first-order valence-electron chi connectivity index (χ1n) is 6.66. The van der Waals surface area contributed by atoms with E-state index in [1.807, 2.05) is 0 Å². The number of pyridine rings is 1. The number of methoxy groups -OCH3 is 1. The van der Waals surface area contributed by atoms with E-state index < -0.39 is 0 Å². The Hall–Kier alpha value is -1.29. The fraction of sp³-hybridized carbons (Fsp3) is 0.643. The van der Waals surface area contributed by atoms with E-state index >= 15 is 0 Å². The minimum atomic E-state index is 0.375. The molecule has 4 heteroatoms. The number of aromatic nitrogens is 1. The van der Waals surface area contributed by atoms with Gasteiger partial charge < -0.3 is 15.0 Å². The molecule has 0 aliphatic carbocycles. The van der Waals surface area contributed by atoms with Crippen LogP contribution in [0.25, 0.3) is 0 Å². The van der Waals surface area contributed by atoms with Crippen LogP contribution < -0.4 is 10.2 Å². The molecule has 1 aliphatic rings. The largest absolute Gasteiger partial charge is 0.385 e. The molecule has 0 amide bonds. The van der Waals surface area contributed by atoms with E-state index in [1.165, 1.54) is 11.3 Å². The molecule has 0 bridgehead atoms. The van der Waals surface area contributed by atoms with Gasteiger partial charge in [-0.1, -0.05) is 6.92 Å². The molecule has 0 aromatic carbocycles. The monoisotopic (exact) mass is 249 g/mol. The van der Waals surface area contributed by atoms with Gasteiger partial charge in [-0.3, -0.25) is 0 Å². The summed E-state index contributed by atoms with van der Waals surface area (Å²) in [5.74, 6) is 1.09. The van der Waals surface area contributed by atoms with Crippen LogP contribution in [0.1, 0.15) is 31.0 Å². The molecule has 0 radical (unpaired) electrons. The predicted molar refractivity (Wildman–Crippen MR) is 75.3 cm³/mol. The maximum atomic E-state index is 5.09. The minimum absolute atomic E-state index is 0.375. The van der Waals surface area contributed by atoms with Gasteiger partial charge in [-0.25, -0.2) is 4.98 Å². The van der Waals surface area contributed by atoms with Crippen LogP contribution in [-0.4, -0.2) is 31.9 Å². The van der Waals surface area contributed by atoms with Crippen LogP contribution in [0.2, 0.25) is 0 Å². The molecule has 0 saturated heterocycles. The van der Waals surface area contributed by atoms with E-state index in [2.05, 4.69) is 37.2 Å². The molecule has 0 fully saturated rings. The van der Waals surface area contributed by atoms with E-state index in [9.17, 15) is 0 Å². The first-order chi connectivity index (χ1) is 8.67. The quantitative estimate of drug-likeness (QED) is 0.814.